The molecule has 0 radical (unpaired) electrons. The highest BCUT2D eigenvalue weighted by Gasteiger charge is 2.17. The second-order valence-electron chi connectivity index (χ2n) is 7.54. The van der Waals surface area contributed by atoms with Crippen molar-refractivity contribution in [3.63, 3.8) is 0 Å². The summed E-state index contributed by atoms with van der Waals surface area (Å²) in [4.78, 5) is 35.7. The number of carbonyl (C=O) groups excluding carboxylic acids is 3. The molecule has 9 heteroatoms. The number of phenols is 1. The van der Waals surface area contributed by atoms with Crippen LogP contribution in [0.4, 0.5) is 11.4 Å². The molecule has 0 saturated carbocycles. The molecule has 35 heavy (non-hydrogen) atoms. The van der Waals surface area contributed by atoms with E-state index in [4.69, 9.17) is 14.2 Å². The number of aromatic hydroxyl groups is 1. The predicted molar refractivity (Wildman–Crippen MR) is 130 cm³/mol. The first-order valence-electron chi connectivity index (χ1n) is 10.8. The number of benzene rings is 3. The topological polar surface area (TPSA) is 123 Å². The Labute approximate surface area is 202 Å². The molecule has 0 fully saturated rings. The maximum Gasteiger partial charge on any atom is 0.397 e. The summed E-state index contributed by atoms with van der Waals surface area (Å²) in [5.41, 5.74) is 1.97. The quantitative estimate of drug-likeness (QED) is 0.250. The molecule has 0 heterocycles. The van der Waals surface area contributed by atoms with Gasteiger partial charge in [0.15, 0.2) is 6.61 Å². The van der Waals surface area contributed by atoms with Gasteiger partial charge in [-0.3, -0.25) is 9.59 Å². The van der Waals surface area contributed by atoms with Gasteiger partial charge in [0.2, 0.25) is 0 Å². The predicted octanol–water partition coefficient (Wildman–Crippen LogP) is 4.32. The average molecular weight is 479 g/mol. The lowest BCUT2D eigenvalue weighted by molar-refractivity contribution is -0.152. The lowest BCUT2D eigenvalue weighted by atomic mass is 10.1. The Hall–Kier alpha value is -4.53. The van der Waals surface area contributed by atoms with E-state index in [2.05, 4.69) is 10.6 Å². The maximum atomic E-state index is 12.3. The lowest BCUT2D eigenvalue weighted by Crippen LogP contribution is -2.25. The van der Waals surface area contributed by atoms with Gasteiger partial charge in [0.25, 0.3) is 5.91 Å². The fraction of sp³-hybridized carbons (Fsp3) is 0.192. The number of rotatable bonds is 8. The Morgan fingerprint density at radius 2 is 1.57 bits per heavy atom. The van der Waals surface area contributed by atoms with Crippen molar-refractivity contribution in [3.8, 4) is 23.0 Å². The van der Waals surface area contributed by atoms with Gasteiger partial charge in [0.05, 0.1) is 12.3 Å². The fourth-order valence-electron chi connectivity index (χ4n) is 3.21. The van der Waals surface area contributed by atoms with Crippen molar-refractivity contribution in [1.29, 1.82) is 0 Å². The molecule has 0 spiro atoms. The van der Waals surface area contributed by atoms with E-state index in [1.165, 1.54) is 12.1 Å². The van der Waals surface area contributed by atoms with Crippen molar-refractivity contribution < 1.29 is 33.7 Å². The zero-order valence-electron chi connectivity index (χ0n) is 19.6. The molecule has 3 N–H and O–H groups in total. The van der Waals surface area contributed by atoms with E-state index in [9.17, 15) is 19.5 Å². The number of esters is 1. The molecular formula is C26H26N2O7. The first-order chi connectivity index (χ1) is 16.8. The third-order valence-electron chi connectivity index (χ3n) is 4.75. The normalized spacial score (nSPS) is 10.3. The number of aryl methyl sites for hydroxylation is 2. The number of phenolic OH excluding ortho intramolecular Hbond substituents is 1. The first-order valence-corrected chi connectivity index (χ1v) is 10.8. The number of ether oxygens (including phenoxy) is 3. The summed E-state index contributed by atoms with van der Waals surface area (Å²) in [5, 5.41) is 15.3. The lowest BCUT2D eigenvalue weighted by Gasteiger charge is -2.15. The van der Waals surface area contributed by atoms with Crippen LogP contribution in [-0.2, 0) is 19.1 Å². The number of amides is 2. The number of para-hydroxylation sites is 1. The van der Waals surface area contributed by atoms with Crippen molar-refractivity contribution in [3.05, 3.63) is 71.8 Å². The maximum absolute atomic E-state index is 12.3. The van der Waals surface area contributed by atoms with Gasteiger partial charge in [0.1, 0.15) is 23.0 Å². The van der Waals surface area contributed by atoms with E-state index in [1.807, 2.05) is 6.07 Å². The summed E-state index contributed by atoms with van der Waals surface area (Å²) in [6.45, 7) is 5.06. The Kier molecular flexibility index (Phi) is 8.29. The number of hydrogen-bond donors (Lipinski definition) is 3. The molecule has 0 atom stereocenters. The van der Waals surface area contributed by atoms with Crippen LogP contribution in [0.3, 0.4) is 0 Å². The molecule has 0 unspecified atom stereocenters. The molecule has 9 nitrogen and oxygen atoms in total. The average Bonchev–Trinajstić information content (AvgIpc) is 2.83. The van der Waals surface area contributed by atoms with Crippen LogP contribution in [0, 0.1) is 13.8 Å². The standard InChI is InChI=1S/C26H26N2O7/c1-4-33-26(32)25(31)27-18-12-16(2)24(17(3)13-18)35-20-10-11-22(29)21(14-20)28-23(30)15-34-19-8-6-5-7-9-19/h5-14,29H,4,15H2,1-3H3,(H,27,31)(H,28,30). The Bertz CT molecular complexity index is 1200. The van der Waals surface area contributed by atoms with E-state index < -0.39 is 17.8 Å². The van der Waals surface area contributed by atoms with Crippen molar-refractivity contribution in [2.45, 2.75) is 20.8 Å². The highest BCUT2D eigenvalue weighted by Crippen LogP contribution is 2.35. The van der Waals surface area contributed by atoms with Crippen LogP contribution in [0.25, 0.3) is 0 Å². The number of carbonyl (C=O) groups is 3. The second-order valence-corrected chi connectivity index (χ2v) is 7.54. The van der Waals surface area contributed by atoms with E-state index >= 15 is 0 Å². The summed E-state index contributed by atoms with van der Waals surface area (Å²) in [6.07, 6.45) is 0. The minimum absolute atomic E-state index is 0.103. The first kappa shape index (κ1) is 25.1. The summed E-state index contributed by atoms with van der Waals surface area (Å²) in [5.74, 6) is -0.959. The number of anilines is 2. The molecule has 182 valence electrons. The molecule has 3 aromatic rings. The summed E-state index contributed by atoms with van der Waals surface area (Å²) in [7, 11) is 0. The zero-order chi connectivity index (χ0) is 25.4. The fourth-order valence-corrected chi connectivity index (χ4v) is 3.21. The van der Waals surface area contributed by atoms with Gasteiger partial charge >= 0.3 is 11.9 Å². The van der Waals surface area contributed by atoms with E-state index in [0.29, 0.717) is 34.1 Å². The molecule has 2 amide bonds. The van der Waals surface area contributed by atoms with Crippen molar-refractivity contribution >= 4 is 29.2 Å². The minimum Gasteiger partial charge on any atom is -0.506 e. The SMILES string of the molecule is CCOC(=O)C(=O)Nc1cc(C)c(Oc2ccc(O)c(NC(=O)COc3ccccc3)c2)c(C)c1. The highest BCUT2D eigenvalue weighted by molar-refractivity contribution is 6.37. The monoisotopic (exact) mass is 478 g/mol. The zero-order valence-corrected chi connectivity index (χ0v) is 19.6. The van der Waals surface area contributed by atoms with Gasteiger partial charge in [-0.1, -0.05) is 18.2 Å². The summed E-state index contributed by atoms with van der Waals surface area (Å²) in [6, 6.07) is 16.7. The molecule has 0 aliphatic rings. The smallest absolute Gasteiger partial charge is 0.397 e. The van der Waals surface area contributed by atoms with Crippen LogP contribution in [0.15, 0.2) is 60.7 Å². The summed E-state index contributed by atoms with van der Waals surface area (Å²) < 4.78 is 16.1. The van der Waals surface area contributed by atoms with Gasteiger partial charge in [0, 0.05) is 11.8 Å². The molecular weight excluding hydrogens is 452 g/mol. The van der Waals surface area contributed by atoms with Crippen LogP contribution in [0.2, 0.25) is 0 Å². The molecule has 0 aliphatic carbocycles. The van der Waals surface area contributed by atoms with Gasteiger partial charge in [-0.05, 0) is 68.3 Å². The number of hydrogen-bond acceptors (Lipinski definition) is 7. The van der Waals surface area contributed by atoms with Crippen LogP contribution >= 0.6 is 0 Å². The molecule has 0 saturated heterocycles. The largest absolute Gasteiger partial charge is 0.506 e. The number of nitrogens with one attached hydrogen (secondary N) is 2. The third kappa shape index (κ3) is 6.97. The van der Waals surface area contributed by atoms with Gasteiger partial charge in [-0.15, -0.1) is 0 Å². The van der Waals surface area contributed by atoms with Crippen LogP contribution in [-0.4, -0.2) is 36.1 Å². The Balaban J connectivity index is 1.68. The molecule has 0 aliphatic heterocycles. The van der Waals surface area contributed by atoms with Gasteiger partial charge < -0.3 is 30.0 Å². The Morgan fingerprint density at radius 3 is 2.23 bits per heavy atom. The minimum atomic E-state index is -0.962. The van der Waals surface area contributed by atoms with Crippen molar-refractivity contribution in [1.82, 2.24) is 0 Å². The second kappa shape index (κ2) is 11.6. The van der Waals surface area contributed by atoms with E-state index in [-0.39, 0.29) is 24.7 Å². The van der Waals surface area contributed by atoms with Gasteiger partial charge in [-0.25, -0.2) is 4.79 Å². The van der Waals surface area contributed by atoms with Gasteiger partial charge in [-0.2, -0.15) is 0 Å². The molecule has 3 aromatic carbocycles. The molecule has 3 rings (SSSR count). The third-order valence-corrected chi connectivity index (χ3v) is 4.75. The molecule has 0 aromatic heterocycles. The summed E-state index contributed by atoms with van der Waals surface area (Å²) >= 11 is 0. The highest BCUT2D eigenvalue weighted by atomic mass is 16.5. The van der Waals surface area contributed by atoms with Crippen LogP contribution in [0.1, 0.15) is 18.1 Å². The van der Waals surface area contributed by atoms with E-state index in [0.717, 1.165) is 0 Å². The van der Waals surface area contributed by atoms with E-state index in [1.54, 1.807) is 63.2 Å². The van der Waals surface area contributed by atoms with Crippen LogP contribution in [0.5, 0.6) is 23.0 Å². The van der Waals surface area contributed by atoms with Crippen molar-refractivity contribution in [2.24, 2.45) is 0 Å². The molecule has 0 bridgehead atoms. The van der Waals surface area contributed by atoms with Crippen LogP contribution < -0.4 is 20.1 Å². The Morgan fingerprint density at radius 1 is 0.886 bits per heavy atom. The van der Waals surface area contributed by atoms with Crippen molar-refractivity contribution in [2.75, 3.05) is 23.8 Å².